The number of fused-ring (bicyclic) bond motifs is 3. The number of aliphatic hydroxyl groups is 1. The van der Waals surface area contributed by atoms with Crippen molar-refractivity contribution in [2.45, 2.75) is 46.0 Å². The average Bonchev–Trinajstić information content (AvgIpc) is 2.04. The molecule has 3 fully saturated rings. The molecule has 0 amide bonds. The van der Waals surface area contributed by atoms with Crippen LogP contribution in [0.2, 0.25) is 0 Å². The quantitative estimate of drug-likeness (QED) is 0.547. The lowest BCUT2D eigenvalue weighted by atomic mass is 9.59. The standard InChI is InChI=1S/C11H18O/c1-8(12)10-7-11(2)5-3-9(10)4-6-11/h9,12H,3-7H2,1-2H3. The molecule has 0 aromatic rings. The van der Waals surface area contributed by atoms with Crippen molar-refractivity contribution in [3.05, 3.63) is 11.3 Å². The Hall–Kier alpha value is -0.460. The van der Waals surface area contributed by atoms with Crippen molar-refractivity contribution in [3.63, 3.8) is 0 Å². The zero-order valence-electron chi connectivity index (χ0n) is 8.06. The third-order valence-corrected chi connectivity index (χ3v) is 3.77. The first kappa shape index (κ1) is 8.15. The Balaban J connectivity index is 2.28. The van der Waals surface area contributed by atoms with Gasteiger partial charge in [0.25, 0.3) is 0 Å². The molecule has 3 aliphatic carbocycles. The third kappa shape index (κ3) is 1.16. The second-order valence-corrected chi connectivity index (χ2v) is 4.87. The molecule has 1 nitrogen and oxygen atoms in total. The zero-order valence-corrected chi connectivity index (χ0v) is 8.06. The first-order valence-corrected chi connectivity index (χ1v) is 4.99. The van der Waals surface area contributed by atoms with E-state index in [0.29, 0.717) is 11.2 Å². The number of hydrogen-bond donors (Lipinski definition) is 1. The predicted octanol–water partition coefficient (Wildman–Crippen LogP) is 3.42. The number of rotatable bonds is 0. The summed E-state index contributed by atoms with van der Waals surface area (Å²) in [5.41, 5.74) is 1.88. The molecule has 3 aliphatic rings. The summed E-state index contributed by atoms with van der Waals surface area (Å²) < 4.78 is 0. The molecule has 1 heteroatoms. The van der Waals surface area contributed by atoms with Crippen LogP contribution in [0.1, 0.15) is 46.0 Å². The largest absolute Gasteiger partial charge is 0.513 e. The molecule has 0 radical (unpaired) electrons. The summed E-state index contributed by atoms with van der Waals surface area (Å²) in [6.07, 6.45) is 6.51. The van der Waals surface area contributed by atoms with E-state index in [1.807, 2.05) is 6.92 Å². The van der Waals surface area contributed by atoms with Gasteiger partial charge in [-0.3, -0.25) is 0 Å². The average molecular weight is 166 g/mol. The zero-order chi connectivity index (χ0) is 8.77. The second-order valence-electron chi connectivity index (χ2n) is 4.87. The Labute approximate surface area is 74.5 Å². The first-order valence-electron chi connectivity index (χ1n) is 4.99. The van der Waals surface area contributed by atoms with Gasteiger partial charge in [-0.05, 0) is 55.9 Å². The molecule has 0 heterocycles. The Morgan fingerprint density at radius 2 is 2.00 bits per heavy atom. The van der Waals surface area contributed by atoms with Crippen molar-refractivity contribution in [1.29, 1.82) is 0 Å². The predicted molar refractivity (Wildman–Crippen MR) is 50.0 cm³/mol. The van der Waals surface area contributed by atoms with E-state index < -0.39 is 0 Å². The van der Waals surface area contributed by atoms with E-state index in [0.717, 1.165) is 12.3 Å². The third-order valence-electron chi connectivity index (χ3n) is 3.77. The van der Waals surface area contributed by atoms with Gasteiger partial charge in [-0.15, -0.1) is 0 Å². The van der Waals surface area contributed by atoms with Crippen molar-refractivity contribution >= 4 is 0 Å². The van der Waals surface area contributed by atoms with Gasteiger partial charge in [0.15, 0.2) is 0 Å². The van der Waals surface area contributed by atoms with Crippen LogP contribution in [0.15, 0.2) is 11.3 Å². The molecule has 0 aromatic heterocycles. The van der Waals surface area contributed by atoms with Gasteiger partial charge in [0, 0.05) is 0 Å². The van der Waals surface area contributed by atoms with Gasteiger partial charge in [-0.2, -0.15) is 0 Å². The van der Waals surface area contributed by atoms with Gasteiger partial charge in [-0.25, -0.2) is 0 Å². The van der Waals surface area contributed by atoms with E-state index in [2.05, 4.69) is 6.92 Å². The molecular formula is C11H18O. The topological polar surface area (TPSA) is 20.2 Å². The number of hydrogen-bond acceptors (Lipinski definition) is 1. The van der Waals surface area contributed by atoms with Crippen LogP contribution < -0.4 is 0 Å². The Kier molecular flexibility index (Phi) is 1.71. The van der Waals surface area contributed by atoms with E-state index in [1.165, 1.54) is 31.3 Å². The fraction of sp³-hybridized carbons (Fsp3) is 0.818. The molecule has 0 aromatic carbocycles. The molecule has 0 aliphatic heterocycles. The molecule has 68 valence electrons. The maximum absolute atomic E-state index is 9.49. The van der Waals surface area contributed by atoms with E-state index >= 15 is 0 Å². The summed E-state index contributed by atoms with van der Waals surface area (Å²) in [5, 5.41) is 9.49. The van der Waals surface area contributed by atoms with E-state index in [4.69, 9.17) is 0 Å². The molecule has 3 rings (SSSR count). The Morgan fingerprint density at radius 1 is 1.42 bits per heavy atom. The van der Waals surface area contributed by atoms with Crippen LogP contribution in [-0.4, -0.2) is 5.11 Å². The normalized spacial score (nSPS) is 44.7. The lowest BCUT2D eigenvalue weighted by Gasteiger charge is -2.46. The lowest BCUT2D eigenvalue weighted by Crippen LogP contribution is -2.33. The SMILES string of the molecule is CC(O)=C1CC2(C)CCC1CC2. The molecular weight excluding hydrogens is 148 g/mol. The van der Waals surface area contributed by atoms with Gasteiger partial charge in [0.2, 0.25) is 0 Å². The van der Waals surface area contributed by atoms with E-state index in [1.54, 1.807) is 0 Å². The molecule has 1 N–H and O–H groups in total. The highest BCUT2D eigenvalue weighted by atomic mass is 16.3. The van der Waals surface area contributed by atoms with Crippen molar-refractivity contribution < 1.29 is 5.11 Å². The van der Waals surface area contributed by atoms with Gasteiger partial charge < -0.3 is 5.11 Å². The van der Waals surface area contributed by atoms with Crippen LogP contribution in [0, 0.1) is 11.3 Å². The molecule has 12 heavy (non-hydrogen) atoms. The maximum Gasteiger partial charge on any atom is 0.0886 e. The molecule has 0 saturated heterocycles. The van der Waals surface area contributed by atoms with Crippen LogP contribution in [0.25, 0.3) is 0 Å². The Morgan fingerprint density at radius 3 is 2.33 bits per heavy atom. The fourth-order valence-corrected chi connectivity index (χ4v) is 2.87. The van der Waals surface area contributed by atoms with Crippen LogP contribution in [-0.2, 0) is 0 Å². The van der Waals surface area contributed by atoms with Crippen LogP contribution in [0.3, 0.4) is 0 Å². The van der Waals surface area contributed by atoms with Gasteiger partial charge in [0.1, 0.15) is 0 Å². The smallest absolute Gasteiger partial charge is 0.0886 e. The van der Waals surface area contributed by atoms with Crippen LogP contribution in [0.4, 0.5) is 0 Å². The monoisotopic (exact) mass is 166 g/mol. The highest BCUT2D eigenvalue weighted by molar-refractivity contribution is 5.18. The second kappa shape index (κ2) is 2.51. The number of allylic oxidation sites excluding steroid dienone is 2. The Bertz CT molecular complexity index is 215. The van der Waals surface area contributed by atoms with Gasteiger partial charge in [0.05, 0.1) is 5.76 Å². The molecule has 2 bridgehead atoms. The fourth-order valence-electron chi connectivity index (χ4n) is 2.87. The molecule has 0 atom stereocenters. The van der Waals surface area contributed by atoms with Crippen LogP contribution in [0.5, 0.6) is 0 Å². The lowest BCUT2D eigenvalue weighted by molar-refractivity contribution is 0.125. The summed E-state index contributed by atoms with van der Waals surface area (Å²) in [6.45, 7) is 4.21. The van der Waals surface area contributed by atoms with E-state index in [9.17, 15) is 5.11 Å². The van der Waals surface area contributed by atoms with Crippen LogP contribution >= 0.6 is 0 Å². The summed E-state index contributed by atoms with van der Waals surface area (Å²) >= 11 is 0. The highest BCUT2D eigenvalue weighted by Crippen LogP contribution is 2.52. The number of aliphatic hydroxyl groups excluding tert-OH is 1. The van der Waals surface area contributed by atoms with Gasteiger partial charge >= 0.3 is 0 Å². The molecule has 0 spiro atoms. The first-order chi connectivity index (χ1) is 5.61. The summed E-state index contributed by atoms with van der Waals surface area (Å²) in [4.78, 5) is 0. The molecule has 3 saturated carbocycles. The highest BCUT2D eigenvalue weighted by Gasteiger charge is 2.40. The molecule has 0 unspecified atom stereocenters. The van der Waals surface area contributed by atoms with Crippen molar-refractivity contribution in [3.8, 4) is 0 Å². The minimum atomic E-state index is 0.522. The van der Waals surface area contributed by atoms with Crippen molar-refractivity contribution in [2.75, 3.05) is 0 Å². The maximum atomic E-state index is 9.49. The summed E-state index contributed by atoms with van der Waals surface area (Å²) in [5.74, 6) is 1.32. The summed E-state index contributed by atoms with van der Waals surface area (Å²) in [6, 6.07) is 0. The van der Waals surface area contributed by atoms with Gasteiger partial charge in [-0.1, -0.05) is 6.92 Å². The summed E-state index contributed by atoms with van der Waals surface area (Å²) in [7, 11) is 0. The minimum Gasteiger partial charge on any atom is -0.513 e. The minimum absolute atomic E-state index is 0.522. The van der Waals surface area contributed by atoms with Crippen molar-refractivity contribution in [1.82, 2.24) is 0 Å². The van der Waals surface area contributed by atoms with E-state index in [-0.39, 0.29) is 0 Å². The van der Waals surface area contributed by atoms with Crippen molar-refractivity contribution in [2.24, 2.45) is 11.3 Å².